The molecule has 0 spiro atoms. The van der Waals surface area contributed by atoms with Crippen molar-refractivity contribution in [1.82, 2.24) is 0 Å². The molecule has 28 heavy (non-hydrogen) atoms. The summed E-state index contributed by atoms with van der Waals surface area (Å²) in [6.45, 7) is 3.73. The van der Waals surface area contributed by atoms with Crippen molar-refractivity contribution in [2.24, 2.45) is 0 Å². The second-order valence-electron chi connectivity index (χ2n) is 6.61. The number of ether oxygens (including phenoxy) is 1. The number of hydrogen-bond donors (Lipinski definition) is 0. The van der Waals surface area contributed by atoms with Gasteiger partial charge in [0.25, 0.3) is 10.0 Å². The number of benzene rings is 3. The Morgan fingerprint density at radius 1 is 0.929 bits per heavy atom. The first kappa shape index (κ1) is 19.9. The minimum Gasteiger partial charge on any atom is -0.497 e. The summed E-state index contributed by atoms with van der Waals surface area (Å²) in [5.74, 6) is 0.167. The molecule has 0 saturated carbocycles. The highest BCUT2D eigenvalue weighted by atomic mass is 32.2. The van der Waals surface area contributed by atoms with E-state index in [4.69, 9.17) is 4.74 Å². The fourth-order valence-corrected chi connectivity index (χ4v) is 4.61. The molecule has 0 atom stereocenters. The first-order valence-electron chi connectivity index (χ1n) is 8.80. The predicted octanol–water partition coefficient (Wildman–Crippen LogP) is 4.85. The Balaban J connectivity index is 2.09. The summed E-state index contributed by atoms with van der Waals surface area (Å²) < 4.78 is 46.9. The summed E-state index contributed by atoms with van der Waals surface area (Å²) in [7, 11) is -2.35. The molecule has 0 saturated heterocycles. The molecule has 0 radical (unpaired) electrons. The number of hydrogen-bond acceptors (Lipinski definition) is 3. The lowest BCUT2D eigenvalue weighted by atomic mass is 10.1. The van der Waals surface area contributed by atoms with Crippen LogP contribution in [-0.4, -0.2) is 15.5 Å². The van der Waals surface area contributed by atoms with E-state index in [1.54, 1.807) is 38.3 Å². The Kier molecular flexibility index (Phi) is 5.70. The van der Waals surface area contributed by atoms with Crippen molar-refractivity contribution >= 4 is 15.7 Å². The van der Waals surface area contributed by atoms with Crippen LogP contribution < -0.4 is 9.04 Å². The third-order valence-electron chi connectivity index (χ3n) is 4.51. The fraction of sp³-hybridized carbons (Fsp3) is 0.182. The molecule has 0 aliphatic heterocycles. The van der Waals surface area contributed by atoms with Crippen molar-refractivity contribution < 1.29 is 17.5 Å². The van der Waals surface area contributed by atoms with Crippen LogP contribution in [0, 0.1) is 19.7 Å². The molecule has 4 nitrogen and oxygen atoms in total. The molecule has 3 aromatic carbocycles. The zero-order valence-electron chi connectivity index (χ0n) is 16.0. The number of anilines is 1. The number of methoxy groups -OCH3 is 1. The Morgan fingerprint density at radius 3 is 2.14 bits per heavy atom. The van der Waals surface area contributed by atoms with Gasteiger partial charge < -0.3 is 4.74 Å². The molecule has 0 aliphatic rings. The molecule has 3 aromatic rings. The third kappa shape index (κ3) is 4.17. The number of sulfonamides is 1. The van der Waals surface area contributed by atoms with Crippen molar-refractivity contribution in [2.45, 2.75) is 25.3 Å². The van der Waals surface area contributed by atoms with E-state index >= 15 is 0 Å². The molecule has 6 heteroatoms. The number of nitrogens with zero attached hydrogens (tertiary/aromatic N) is 1. The Bertz CT molecular complexity index is 1060. The Labute approximate surface area is 165 Å². The summed E-state index contributed by atoms with van der Waals surface area (Å²) in [4.78, 5) is 0.0804. The van der Waals surface area contributed by atoms with Crippen LogP contribution in [0.3, 0.4) is 0 Å². The maximum absolute atomic E-state index is 13.5. The van der Waals surface area contributed by atoms with Gasteiger partial charge in [-0.3, -0.25) is 4.31 Å². The highest BCUT2D eigenvalue weighted by Crippen LogP contribution is 2.29. The van der Waals surface area contributed by atoms with Crippen molar-refractivity contribution in [3.63, 3.8) is 0 Å². The van der Waals surface area contributed by atoms with Gasteiger partial charge in [0.15, 0.2) is 0 Å². The molecular weight excluding hydrogens is 377 g/mol. The molecule has 0 fully saturated rings. The van der Waals surface area contributed by atoms with Crippen LogP contribution >= 0.6 is 0 Å². The highest BCUT2D eigenvalue weighted by Gasteiger charge is 2.27. The van der Waals surface area contributed by atoms with E-state index in [0.717, 1.165) is 17.2 Å². The molecule has 0 bridgehead atoms. The van der Waals surface area contributed by atoms with Crippen LogP contribution in [0.5, 0.6) is 5.75 Å². The molecule has 0 aromatic heterocycles. The van der Waals surface area contributed by atoms with Gasteiger partial charge in [-0.15, -0.1) is 0 Å². The van der Waals surface area contributed by atoms with E-state index in [9.17, 15) is 12.8 Å². The average Bonchev–Trinajstić information content (AvgIpc) is 2.67. The smallest absolute Gasteiger partial charge is 0.264 e. The van der Waals surface area contributed by atoms with Crippen molar-refractivity contribution in [1.29, 1.82) is 0 Å². The molecular formula is C22H22FNO3S. The van der Waals surface area contributed by atoms with Crippen LogP contribution in [0.15, 0.2) is 71.6 Å². The third-order valence-corrected chi connectivity index (χ3v) is 6.45. The summed E-state index contributed by atoms with van der Waals surface area (Å²) in [5.41, 5.74) is 2.81. The van der Waals surface area contributed by atoms with Crippen LogP contribution in [-0.2, 0) is 16.6 Å². The zero-order valence-corrected chi connectivity index (χ0v) is 16.8. The Morgan fingerprint density at radius 2 is 1.57 bits per heavy atom. The van der Waals surface area contributed by atoms with Gasteiger partial charge in [-0.25, -0.2) is 12.8 Å². The van der Waals surface area contributed by atoms with Gasteiger partial charge in [-0.1, -0.05) is 29.8 Å². The predicted molar refractivity (Wildman–Crippen MR) is 109 cm³/mol. The van der Waals surface area contributed by atoms with Crippen molar-refractivity contribution in [3.05, 3.63) is 89.2 Å². The standard InChI is InChI=1S/C22H22FNO3S/c1-16-4-6-18(7-5-16)15-24(20-9-11-21(27-3)12-10-20)28(25,26)22-13-8-19(23)14-17(22)2/h4-14H,15H2,1-3H3. The maximum atomic E-state index is 13.5. The summed E-state index contributed by atoms with van der Waals surface area (Å²) in [6.07, 6.45) is 0. The van der Waals surface area contributed by atoms with Gasteiger partial charge in [-0.2, -0.15) is 0 Å². The van der Waals surface area contributed by atoms with Crippen LogP contribution in [0.1, 0.15) is 16.7 Å². The fourth-order valence-electron chi connectivity index (χ4n) is 2.94. The van der Waals surface area contributed by atoms with Gasteiger partial charge >= 0.3 is 0 Å². The minimum atomic E-state index is -3.90. The lowest BCUT2D eigenvalue weighted by Gasteiger charge is -2.26. The average molecular weight is 399 g/mol. The molecule has 146 valence electrons. The molecule has 0 amide bonds. The van der Waals surface area contributed by atoms with E-state index in [2.05, 4.69) is 0 Å². The molecule has 0 heterocycles. The maximum Gasteiger partial charge on any atom is 0.264 e. The normalized spacial score (nSPS) is 11.3. The zero-order chi connectivity index (χ0) is 20.3. The van der Waals surface area contributed by atoms with E-state index in [-0.39, 0.29) is 11.4 Å². The second kappa shape index (κ2) is 8.02. The van der Waals surface area contributed by atoms with Gasteiger partial charge in [0.05, 0.1) is 24.2 Å². The minimum absolute atomic E-state index is 0.0804. The van der Waals surface area contributed by atoms with Crippen molar-refractivity contribution in [3.8, 4) is 5.75 Å². The first-order chi connectivity index (χ1) is 13.3. The molecule has 0 unspecified atom stereocenters. The monoisotopic (exact) mass is 399 g/mol. The van der Waals surface area contributed by atoms with Crippen LogP contribution in [0.25, 0.3) is 0 Å². The summed E-state index contributed by atoms with van der Waals surface area (Å²) in [5, 5.41) is 0. The van der Waals surface area contributed by atoms with Gasteiger partial charge in [0, 0.05) is 0 Å². The second-order valence-corrected chi connectivity index (χ2v) is 8.44. The Hall–Kier alpha value is -2.86. The lowest BCUT2D eigenvalue weighted by molar-refractivity contribution is 0.415. The van der Waals surface area contributed by atoms with E-state index in [1.807, 2.05) is 31.2 Å². The number of aryl methyl sites for hydroxylation is 2. The summed E-state index contributed by atoms with van der Waals surface area (Å²) >= 11 is 0. The van der Waals surface area contributed by atoms with Crippen molar-refractivity contribution in [2.75, 3.05) is 11.4 Å². The van der Waals surface area contributed by atoms with E-state index in [1.165, 1.54) is 16.4 Å². The molecule has 0 N–H and O–H groups in total. The molecule has 3 rings (SSSR count). The number of halogens is 1. The van der Waals surface area contributed by atoms with E-state index < -0.39 is 15.8 Å². The van der Waals surface area contributed by atoms with E-state index in [0.29, 0.717) is 17.0 Å². The van der Waals surface area contributed by atoms with Crippen LogP contribution in [0.2, 0.25) is 0 Å². The lowest BCUT2D eigenvalue weighted by Crippen LogP contribution is -2.31. The topological polar surface area (TPSA) is 46.6 Å². The van der Waals surface area contributed by atoms with Gasteiger partial charge in [-0.05, 0) is 67.4 Å². The van der Waals surface area contributed by atoms with Gasteiger partial charge in [0.1, 0.15) is 11.6 Å². The highest BCUT2D eigenvalue weighted by molar-refractivity contribution is 7.92. The summed E-state index contributed by atoms with van der Waals surface area (Å²) in [6, 6.07) is 18.2. The SMILES string of the molecule is COc1ccc(N(Cc2ccc(C)cc2)S(=O)(=O)c2ccc(F)cc2C)cc1. The number of rotatable bonds is 6. The molecule has 0 aliphatic carbocycles. The first-order valence-corrected chi connectivity index (χ1v) is 10.2. The van der Waals surface area contributed by atoms with Crippen LogP contribution in [0.4, 0.5) is 10.1 Å². The quantitative estimate of drug-likeness (QED) is 0.595. The largest absolute Gasteiger partial charge is 0.497 e. The van der Waals surface area contributed by atoms with Gasteiger partial charge in [0.2, 0.25) is 0 Å².